The van der Waals surface area contributed by atoms with Gasteiger partial charge in [0.25, 0.3) is 0 Å². The molecule has 1 fully saturated rings. The largest absolute Gasteiger partial charge is 0.455 e. The molecule has 114 valence electrons. The van der Waals surface area contributed by atoms with Crippen molar-refractivity contribution in [2.24, 2.45) is 0 Å². The Morgan fingerprint density at radius 2 is 1.91 bits per heavy atom. The number of thioether (sulfide) groups is 1. The van der Waals surface area contributed by atoms with Gasteiger partial charge in [-0.3, -0.25) is 10.1 Å². The van der Waals surface area contributed by atoms with Crippen LogP contribution in [0.5, 0.6) is 11.5 Å². The second kappa shape index (κ2) is 6.85. The van der Waals surface area contributed by atoms with Crippen LogP contribution in [0.2, 0.25) is 0 Å². The Bertz CT molecular complexity index is 669. The van der Waals surface area contributed by atoms with Crippen LogP contribution in [0.25, 0.3) is 0 Å². The number of hydrogen-bond donors (Lipinski definition) is 2. The molecule has 2 N–H and O–H groups in total. The SMILES string of the molecule is Cc1ccccc1Oc1ccccc1NC(=O)C1CSCN1. The van der Waals surface area contributed by atoms with Crippen LogP contribution in [-0.2, 0) is 4.79 Å². The van der Waals surface area contributed by atoms with Gasteiger partial charge in [-0.1, -0.05) is 30.3 Å². The van der Waals surface area contributed by atoms with Gasteiger partial charge in [-0.25, -0.2) is 0 Å². The van der Waals surface area contributed by atoms with E-state index in [-0.39, 0.29) is 11.9 Å². The van der Waals surface area contributed by atoms with E-state index in [1.54, 1.807) is 11.8 Å². The lowest BCUT2D eigenvalue weighted by atomic mass is 10.2. The maximum atomic E-state index is 12.2. The van der Waals surface area contributed by atoms with Crippen LogP contribution in [-0.4, -0.2) is 23.6 Å². The minimum atomic E-state index is -0.142. The van der Waals surface area contributed by atoms with Crippen LogP contribution in [0.3, 0.4) is 0 Å². The van der Waals surface area contributed by atoms with Crippen LogP contribution in [0.4, 0.5) is 5.69 Å². The van der Waals surface area contributed by atoms with Gasteiger partial charge >= 0.3 is 0 Å². The number of hydrogen-bond acceptors (Lipinski definition) is 4. The van der Waals surface area contributed by atoms with Crippen molar-refractivity contribution in [3.63, 3.8) is 0 Å². The minimum absolute atomic E-state index is 0.0224. The first-order valence-electron chi connectivity index (χ1n) is 7.18. The molecule has 0 radical (unpaired) electrons. The summed E-state index contributed by atoms with van der Waals surface area (Å²) in [6, 6.07) is 15.2. The molecule has 1 aliphatic heterocycles. The third-order valence-electron chi connectivity index (χ3n) is 3.49. The Labute approximate surface area is 134 Å². The number of anilines is 1. The molecule has 0 aliphatic carbocycles. The van der Waals surface area contributed by atoms with Crippen LogP contribution < -0.4 is 15.4 Å². The zero-order valence-corrected chi connectivity index (χ0v) is 13.2. The molecule has 1 unspecified atom stereocenters. The minimum Gasteiger partial charge on any atom is -0.455 e. The second-order valence-corrected chi connectivity index (χ2v) is 6.16. The number of rotatable bonds is 4. The number of aryl methyl sites for hydroxylation is 1. The van der Waals surface area contributed by atoms with E-state index in [4.69, 9.17) is 4.74 Å². The summed E-state index contributed by atoms with van der Waals surface area (Å²) in [5.74, 6) is 3.03. The average molecular weight is 314 g/mol. The highest BCUT2D eigenvalue weighted by Gasteiger charge is 2.23. The van der Waals surface area contributed by atoms with Crippen molar-refractivity contribution < 1.29 is 9.53 Å². The van der Waals surface area contributed by atoms with Gasteiger partial charge in [-0.05, 0) is 30.7 Å². The smallest absolute Gasteiger partial charge is 0.242 e. The van der Waals surface area contributed by atoms with Crippen molar-refractivity contribution in [3.05, 3.63) is 54.1 Å². The van der Waals surface area contributed by atoms with Gasteiger partial charge in [0.1, 0.15) is 5.75 Å². The van der Waals surface area contributed by atoms with Gasteiger partial charge in [0.2, 0.25) is 5.91 Å². The molecule has 2 aromatic rings. The van der Waals surface area contributed by atoms with Crippen molar-refractivity contribution in [3.8, 4) is 11.5 Å². The second-order valence-electron chi connectivity index (χ2n) is 5.12. The molecule has 0 spiro atoms. The maximum Gasteiger partial charge on any atom is 0.242 e. The lowest BCUT2D eigenvalue weighted by Crippen LogP contribution is -2.37. The molecule has 2 aromatic carbocycles. The highest BCUT2D eigenvalue weighted by molar-refractivity contribution is 7.99. The highest BCUT2D eigenvalue weighted by Crippen LogP contribution is 2.31. The van der Waals surface area contributed by atoms with Gasteiger partial charge in [0.05, 0.1) is 11.7 Å². The molecular formula is C17H18N2O2S. The summed E-state index contributed by atoms with van der Waals surface area (Å²) in [4.78, 5) is 12.2. The molecular weight excluding hydrogens is 296 g/mol. The fraction of sp³-hybridized carbons (Fsp3) is 0.235. The van der Waals surface area contributed by atoms with Gasteiger partial charge in [-0.15, -0.1) is 11.8 Å². The molecule has 1 amide bonds. The van der Waals surface area contributed by atoms with E-state index in [1.807, 2.05) is 55.5 Å². The summed E-state index contributed by atoms with van der Waals surface area (Å²) in [6.45, 7) is 2.00. The Morgan fingerprint density at radius 1 is 1.18 bits per heavy atom. The molecule has 5 heteroatoms. The lowest BCUT2D eigenvalue weighted by Gasteiger charge is -2.15. The Balaban J connectivity index is 1.78. The van der Waals surface area contributed by atoms with Crippen molar-refractivity contribution in [2.45, 2.75) is 13.0 Å². The molecule has 1 heterocycles. The highest BCUT2D eigenvalue weighted by atomic mass is 32.2. The molecule has 1 aliphatic rings. The average Bonchev–Trinajstić information content (AvgIpc) is 3.06. The standard InChI is InChI=1S/C17H18N2O2S/c1-12-6-2-4-8-15(12)21-16-9-5-3-7-13(16)19-17(20)14-10-22-11-18-14/h2-9,14,18H,10-11H2,1H3,(H,19,20). The molecule has 4 nitrogen and oxygen atoms in total. The number of nitrogens with one attached hydrogen (secondary N) is 2. The molecule has 0 aromatic heterocycles. The summed E-state index contributed by atoms with van der Waals surface area (Å²) in [5, 5.41) is 6.12. The number of carbonyl (C=O) groups excluding carboxylic acids is 1. The fourth-order valence-corrected chi connectivity index (χ4v) is 3.17. The molecule has 0 bridgehead atoms. The molecule has 1 saturated heterocycles. The van der Waals surface area contributed by atoms with E-state index >= 15 is 0 Å². The summed E-state index contributed by atoms with van der Waals surface area (Å²) < 4.78 is 5.96. The van der Waals surface area contributed by atoms with Crippen molar-refractivity contribution >= 4 is 23.4 Å². The summed E-state index contributed by atoms with van der Waals surface area (Å²) in [5.41, 5.74) is 1.74. The van der Waals surface area contributed by atoms with Gasteiger partial charge in [0, 0.05) is 11.6 Å². The molecule has 3 rings (SSSR count). The third kappa shape index (κ3) is 3.43. The number of carbonyl (C=O) groups is 1. The van der Waals surface area contributed by atoms with Gasteiger partial charge in [0.15, 0.2) is 5.75 Å². The van der Waals surface area contributed by atoms with E-state index in [1.165, 1.54) is 0 Å². The van der Waals surface area contributed by atoms with Crippen molar-refractivity contribution in [2.75, 3.05) is 16.9 Å². The van der Waals surface area contributed by atoms with Crippen LogP contribution in [0, 0.1) is 6.92 Å². The molecule has 1 atom stereocenters. The first kappa shape index (κ1) is 14.9. The predicted molar refractivity (Wildman–Crippen MR) is 90.6 cm³/mol. The Hall–Kier alpha value is -1.98. The topological polar surface area (TPSA) is 50.4 Å². The number of benzene rings is 2. The maximum absolute atomic E-state index is 12.2. The van der Waals surface area contributed by atoms with E-state index in [2.05, 4.69) is 10.6 Å². The van der Waals surface area contributed by atoms with Gasteiger partial charge in [-0.2, -0.15) is 0 Å². The molecule has 0 saturated carbocycles. The monoisotopic (exact) mass is 314 g/mol. The van der Waals surface area contributed by atoms with E-state index in [9.17, 15) is 4.79 Å². The van der Waals surface area contributed by atoms with Gasteiger partial charge < -0.3 is 10.1 Å². The molecule has 22 heavy (non-hydrogen) atoms. The van der Waals surface area contributed by atoms with E-state index in [0.29, 0.717) is 11.4 Å². The number of ether oxygens (including phenoxy) is 1. The Kier molecular flexibility index (Phi) is 4.65. The lowest BCUT2D eigenvalue weighted by molar-refractivity contribution is -0.117. The summed E-state index contributed by atoms with van der Waals surface area (Å²) >= 11 is 1.73. The zero-order valence-electron chi connectivity index (χ0n) is 12.3. The van der Waals surface area contributed by atoms with E-state index in [0.717, 1.165) is 22.9 Å². The van der Waals surface area contributed by atoms with Crippen LogP contribution in [0.15, 0.2) is 48.5 Å². The van der Waals surface area contributed by atoms with E-state index < -0.39 is 0 Å². The summed E-state index contributed by atoms with van der Waals surface area (Å²) in [7, 11) is 0. The van der Waals surface area contributed by atoms with Crippen LogP contribution in [0.1, 0.15) is 5.56 Å². The third-order valence-corrected chi connectivity index (χ3v) is 4.43. The van der Waals surface area contributed by atoms with Crippen molar-refractivity contribution in [1.29, 1.82) is 0 Å². The Morgan fingerprint density at radius 3 is 2.64 bits per heavy atom. The quantitative estimate of drug-likeness (QED) is 0.908. The normalized spacial score (nSPS) is 17.2. The first-order chi connectivity index (χ1) is 10.7. The zero-order chi connectivity index (χ0) is 15.4. The van der Waals surface area contributed by atoms with Crippen molar-refractivity contribution in [1.82, 2.24) is 5.32 Å². The predicted octanol–water partition coefficient (Wildman–Crippen LogP) is 3.39. The number of amides is 1. The summed E-state index contributed by atoms with van der Waals surface area (Å²) in [6.07, 6.45) is 0. The first-order valence-corrected chi connectivity index (χ1v) is 8.34. The van der Waals surface area contributed by atoms with Crippen LogP contribution >= 0.6 is 11.8 Å². The fourth-order valence-electron chi connectivity index (χ4n) is 2.23. The number of para-hydroxylation sites is 3.